The summed E-state index contributed by atoms with van der Waals surface area (Å²) < 4.78 is 10.2. The molecule has 124 valence electrons. The summed E-state index contributed by atoms with van der Waals surface area (Å²) in [6.07, 6.45) is 1.75. The molecule has 0 saturated carbocycles. The molecule has 1 aliphatic heterocycles. The minimum atomic E-state index is -0.550. The maximum absolute atomic E-state index is 12.4. The predicted octanol–water partition coefficient (Wildman–Crippen LogP) is 2.92. The van der Waals surface area contributed by atoms with Crippen molar-refractivity contribution in [2.45, 2.75) is 13.8 Å². The second-order valence-electron chi connectivity index (χ2n) is 5.62. The average Bonchev–Trinajstić information content (AvgIpc) is 3.05. The molecule has 0 atom stereocenters. The first-order valence-electron chi connectivity index (χ1n) is 7.45. The topological polar surface area (TPSA) is 80.4 Å². The van der Waals surface area contributed by atoms with E-state index in [1.807, 2.05) is 19.9 Å². The van der Waals surface area contributed by atoms with Crippen molar-refractivity contribution < 1.29 is 19.1 Å². The number of fused-ring (bicyclic) bond motifs is 1. The lowest BCUT2D eigenvalue weighted by Gasteiger charge is -2.11. The van der Waals surface area contributed by atoms with Crippen LogP contribution in [0.2, 0.25) is 0 Å². The van der Waals surface area contributed by atoms with Crippen LogP contribution in [-0.2, 0) is 9.53 Å². The van der Waals surface area contributed by atoms with E-state index < -0.39 is 5.97 Å². The number of aromatic nitrogens is 1. The monoisotopic (exact) mass is 326 g/mol. The molecule has 0 aliphatic carbocycles. The molecule has 1 aliphatic rings. The van der Waals surface area contributed by atoms with Crippen molar-refractivity contribution in [3.63, 3.8) is 0 Å². The molecule has 24 heavy (non-hydrogen) atoms. The summed E-state index contributed by atoms with van der Waals surface area (Å²) in [7, 11) is 2.77. The molecular weight excluding hydrogens is 308 g/mol. The van der Waals surface area contributed by atoms with E-state index in [0.717, 1.165) is 17.0 Å². The molecule has 1 aromatic heterocycles. The smallest absolute Gasteiger partial charge is 0.342 e. The molecule has 2 N–H and O–H groups in total. The fourth-order valence-corrected chi connectivity index (χ4v) is 2.93. The highest BCUT2D eigenvalue weighted by atomic mass is 16.5. The number of amides is 1. The van der Waals surface area contributed by atoms with Gasteiger partial charge in [-0.25, -0.2) is 4.79 Å². The van der Waals surface area contributed by atoms with Gasteiger partial charge in [-0.3, -0.25) is 4.79 Å². The van der Waals surface area contributed by atoms with Crippen LogP contribution in [0.3, 0.4) is 0 Å². The van der Waals surface area contributed by atoms with E-state index in [1.165, 1.54) is 14.2 Å². The van der Waals surface area contributed by atoms with Crippen LogP contribution in [0.1, 0.15) is 32.9 Å². The number of hydrogen-bond donors (Lipinski definition) is 2. The number of esters is 1. The molecule has 3 rings (SSSR count). The van der Waals surface area contributed by atoms with Crippen LogP contribution in [-0.4, -0.2) is 31.1 Å². The molecule has 6 heteroatoms. The quantitative estimate of drug-likeness (QED) is 0.671. The number of H-pyrrole nitrogens is 1. The van der Waals surface area contributed by atoms with Crippen LogP contribution in [0.25, 0.3) is 11.6 Å². The molecule has 0 bridgehead atoms. The number of hydrogen-bond acceptors (Lipinski definition) is 4. The first-order valence-corrected chi connectivity index (χ1v) is 7.45. The third-order valence-electron chi connectivity index (χ3n) is 4.02. The summed E-state index contributed by atoms with van der Waals surface area (Å²) in [4.78, 5) is 27.9. The first kappa shape index (κ1) is 15.9. The molecule has 1 amide bonds. The number of ether oxygens (including phenoxy) is 2. The fraction of sp³-hybridized carbons (Fsp3) is 0.222. The summed E-state index contributed by atoms with van der Waals surface area (Å²) >= 11 is 0. The lowest BCUT2D eigenvalue weighted by molar-refractivity contribution is -0.110. The summed E-state index contributed by atoms with van der Waals surface area (Å²) in [6, 6.07) is 5.34. The number of rotatable bonds is 3. The third kappa shape index (κ3) is 2.46. The molecule has 0 saturated heterocycles. The van der Waals surface area contributed by atoms with Crippen molar-refractivity contribution in [2.24, 2.45) is 0 Å². The minimum absolute atomic E-state index is 0.239. The zero-order valence-electron chi connectivity index (χ0n) is 13.9. The minimum Gasteiger partial charge on any atom is -0.496 e. The predicted molar refractivity (Wildman–Crippen MR) is 91.1 cm³/mol. The van der Waals surface area contributed by atoms with Gasteiger partial charge in [-0.2, -0.15) is 0 Å². The Morgan fingerprint density at radius 2 is 1.96 bits per heavy atom. The van der Waals surface area contributed by atoms with Gasteiger partial charge in [-0.05, 0) is 43.7 Å². The highest BCUT2D eigenvalue weighted by molar-refractivity contribution is 6.36. The van der Waals surface area contributed by atoms with Crippen molar-refractivity contribution >= 4 is 29.2 Å². The molecular formula is C18H18N2O4. The normalized spacial score (nSPS) is 14.5. The maximum atomic E-state index is 12.4. The van der Waals surface area contributed by atoms with Crippen LogP contribution < -0.4 is 10.1 Å². The number of carbonyl (C=O) groups is 2. The van der Waals surface area contributed by atoms with Gasteiger partial charge >= 0.3 is 5.97 Å². The zero-order valence-corrected chi connectivity index (χ0v) is 13.9. The maximum Gasteiger partial charge on any atom is 0.342 e. The van der Waals surface area contributed by atoms with Gasteiger partial charge < -0.3 is 19.8 Å². The molecule has 2 aromatic rings. The molecule has 0 unspecified atom stereocenters. The van der Waals surface area contributed by atoms with E-state index >= 15 is 0 Å². The van der Waals surface area contributed by atoms with E-state index in [-0.39, 0.29) is 11.5 Å². The highest BCUT2D eigenvalue weighted by Gasteiger charge is 2.32. The molecule has 0 spiro atoms. The zero-order chi connectivity index (χ0) is 17.4. The molecule has 6 nitrogen and oxygen atoms in total. The van der Waals surface area contributed by atoms with Gasteiger partial charge in [0.25, 0.3) is 5.91 Å². The Labute approximate surface area is 139 Å². The van der Waals surface area contributed by atoms with Crippen molar-refractivity contribution in [1.29, 1.82) is 0 Å². The van der Waals surface area contributed by atoms with Gasteiger partial charge in [0.2, 0.25) is 0 Å². The highest BCUT2D eigenvalue weighted by Crippen LogP contribution is 2.40. The number of methoxy groups -OCH3 is 2. The fourth-order valence-electron chi connectivity index (χ4n) is 2.93. The molecule has 0 fully saturated rings. The molecule has 0 radical (unpaired) electrons. The van der Waals surface area contributed by atoms with Crippen molar-refractivity contribution in [3.05, 3.63) is 46.3 Å². The lowest BCUT2D eigenvalue weighted by atomic mass is 9.98. The Morgan fingerprint density at radius 3 is 2.54 bits per heavy atom. The summed E-state index contributed by atoms with van der Waals surface area (Å²) in [5.41, 5.74) is 4.54. The van der Waals surface area contributed by atoms with Gasteiger partial charge in [0, 0.05) is 17.0 Å². The van der Waals surface area contributed by atoms with Crippen molar-refractivity contribution in [2.75, 3.05) is 19.5 Å². The SMILES string of the molecule is COC(=O)c1c(OC)ccc2c1C(=Cc1[nH]c(C)cc1C)C(=O)N2. The van der Waals surface area contributed by atoms with Gasteiger partial charge in [-0.1, -0.05) is 0 Å². The summed E-state index contributed by atoms with van der Waals surface area (Å²) in [6.45, 7) is 3.90. The van der Waals surface area contributed by atoms with E-state index in [9.17, 15) is 9.59 Å². The first-order chi connectivity index (χ1) is 11.5. The largest absolute Gasteiger partial charge is 0.496 e. The Balaban J connectivity index is 2.25. The van der Waals surface area contributed by atoms with E-state index in [2.05, 4.69) is 10.3 Å². The van der Waals surface area contributed by atoms with Crippen molar-refractivity contribution in [3.8, 4) is 5.75 Å². The van der Waals surface area contributed by atoms with E-state index in [0.29, 0.717) is 22.6 Å². The van der Waals surface area contributed by atoms with Crippen LogP contribution >= 0.6 is 0 Å². The molecule has 1 aromatic carbocycles. The summed E-state index contributed by atoms with van der Waals surface area (Å²) in [5.74, 6) is -0.456. The second kappa shape index (κ2) is 5.88. The van der Waals surface area contributed by atoms with E-state index in [1.54, 1.807) is 18.2 Å². The van der Waals surface area contributed by atoms with E-state index in [4.69, 9.17) is 9.47 Å². The Kier molecular flexibility index (Phi) is 3.89. The number of anilines is 1. The van der Waals surface area contributed by atoms with Crippen LogP contribution in [0.15, 0.2) is 18.2 Å². The van der Waals surface area contributed by atoms with Crippen LogP contribution in [0, 0.1) is 13.8 Å². The average molecular weight is 326 g/mol. The number of benzene rings is 1. The Hall–Kier alpha value is -3.02. The van der Waals surface area contributed by atoms with Gasteiger partial charge in [0.15, 0.2) is 0 Å². The van der Waals surface area contributed by atoms with Gasteiger partial charge in [-0.15, -0.1) is 0 Å². The van der Waals surface area contributed by atoms with Crippen LogP contribution in [0.5, 0.6) is 5.75 Å². The number of aryl methyl sites for hydroxylation is 2. The summed E-state index contributed by atoms with van der Waals surface area (Å²) in [5, 5.41) is 2.78. The second-order valence-corrected chi connectivity index (χ2v) is 5.62. The number of carbonyl (C=O) groups excluding carboxylic acids is 2. The molecule has 2 heterocycles. The van der Waals surface area contributed by atoms with Gasteiger partial charge in [0.1, 0.15) is 11.3 Å². The van der Waals surface area contributed by atoms with Crippen LogP contribution in [0.4, 0.5) is 5.69 Å². The third-order valence-corrected chi connectivity index (χ3v) is 4.02. The van der Waals surface area contributed by atoms with Gasteiger partial charge in [0.05, 0.1) is 25.5 Å². The Bertz CT molecular complexity index is 877. The lowest BCUT2D eigenvalue weighted by Crippen LogP contribution is -2.08. The number of aromatic amines is 1. The van der Waals surface area contributed by atoms with Crippen molar-refractivity contribution in [1.82, 2.24) is 4.98 Å². The standard InChI is InChI=1S/C18H18N2O4/c1-9-7-10(2)19-13(9)8-11-15-12(20-17(11)21)5-6-14(23-3)16(15)18(22)24-4/h5-8,19H,1-4H3,(H,20,21). The number of nitrogens with one attached hydrogen (secondary N) is 2. The Morgan fingerprint density at radius 1 is 1.21 bits per heavy atom.